The minimum Gasteiger partial charge on any atom is -0.339 e. The largest absolute Gasteiger partial charge is 0.339 e. The van der Waals surface area contributed by atoms with Gasteiger partial charge in [-0.05, 0) is 24.1 Å². The van der Waals surface area contributed by atoms with Crippen LogP contribution < -0.4 is 5.73 Å². The van der Waals surface area contributed by atoms with Crippen molar-refractivity contribution >= 4 is 11.6 Å². The van der Waals surface area contributed by atoms with E-state index in [1.807, 2.05) is 13.8 Å². The maximum Gasteiger partial charge on any atom is 0.231 e. The van der Waals surface area contributed by atoms with Crippen LogP contribution in [-0.4, -0.2) is 16.7 Å². The molecule has 1 atom stereocenters. The molecule has 0 spiro atoms. The van der Waals surface area contributed by atoms with Crippen LogP contribution >= 0.6 is 11.6 Å². The third-order valence-electron chi connectivity index (χ3n) is 3.00. The molecule has 0 saturated heterocycles. The molecular formula is C13H15ClFN3O. The summed E-state index contributed by atoms with van der Waals surface area (Å²) in [6.07, 6.45) is 0. The summed E-state index contributed by atoms with van der Waals surface area (Å²) < 4.78 is 18.3. The monoisotopic (exact) mass is 283 g/mol. The lowest BCUT2D eigenvalue weighted by Gasteiger charge is -2.13. The lowest BCUT2D eigenvalue weighted by atomic mass is 9.96. The predicted molar refractivity (Wildman–Crippen MR) is 71.3 cm³/mol. The predicted octanol–water partition coefficient (Wildman–Crippen LogP) is 3.23. The van der Waals surface area contributed by atoms with Crippen molar-refractivity contribution in [1.29, 1.82) is 0 Å². The van der Waals surface area contributed by atoms with Gasteiger partial charge in [0.15, 0.2) is 0 Å². The molecule has 1 aromatic carbocycles. The summed E-state index contributed by atoms with van der Waals surface area (Å²) >= 11 is 5.73. The summed E-state index contributed by atoms with van der Waals surface area (Å²) in [5, 5.41) is 3.92. The highest BCUT2D eigenvalue weighted by atomic mass is 35.5. The van der Waals surface area contributed by atoms with E-state index in [2.05, 4.69) is 10.1 Å². The van der Waals surface area contributed by atoms with Crippen LogP contribution in [0.2, 0.25) is 5.02 Å². The summed E-state index contributed by atoms with van der Waals surface area (Å²) in [6, 6.07) is 4.30. The van der Waals surface area contributed by atoms with Gasteiger partial charge in [-0.15, -0.1) is 0 Å². The molecule has 0 saturated carbocycles. The topological polar surface area (TPSA) is 64.9 Å². The van der Waals surface area contributed by atoms with Gasteiger partial charge in [0.2, 0.25) is 11.7 Å². The zero-order valence-corrected chi connectivity index (χ0v) is 11.5. The van der Waals surface area contributed by atoms with Crippen molar-refractivity contribution in [2.45, 2.75) is 19.8 Å². The maximum absolute atomic E-state index is 13.1. The Bertz CT molecular complexity index is 571. The second-order valence-corrected chi connectivity index (χ2v) is 5.08. The average Bonchev–Trinajstić information content (AvgIpc) is 2.82. The molecule has 2 N–H and O–H groups in total. The Labute approximate surface area is 115 Å². The first-order chi connectivity index (χ1) is 9.02. The van der Waals surface area contributed by atoms with Crippen molar-refractivity contribution in [3.63, 3.8) is 0 Å². The first kappa shape index (κ1) is 14.0. The van der Waals surface area contributed by atoms with Gasteiger partial charge in [0.05, 0.1) is 10.9 Å². The van der Waals surface area contributed by atoms with E-state index in [9.17, 15) is 4.39 Å². The van der Waals surface area contributed by atoms with E-state index in [0.717, 1.165) is 0 Å². The van der Waals surface area contributed by atoms with Crippen molar-refractivity contribution in [2.75, 3.05) is 6.54 Å². The molecule has 1 aromatic heterocycles. The molecule has 2 aromatic rings. The fraction of sp³-hybridized carbons (Fsp3) is 0.385. The molecule has 0 aliphatic carbocycles. The Balaban J connectivity index is 2.32. The fourth-order valence-electron chi connectivity index (χ4n) is 1.80. The summed E-state index contributed by atoms with van der Waals surface area (Å²) in [7, 11) is 0. The quantitative estimate of drug-likeness (QED) is 0.935. The molecule has 0 bridgehead atoms. The zero-order chi connectivity index (χ0) is 14.0. The smallest absolute Gasteiger partial charge is 0.231 e. The van der Waals surface area contributed by atoms with Gasteiger partial charge in [-0.25, -0.2) is 4.39 Å². The molecule has 0 aliphatic rings. The molecule has 0 fully saturated rings. The third-order valence-corrected chi connectivity index (χ3v) is 3.29. The maximum atomic E-state index is 13.1. The lowest BCUT2D eigenvalue weighted by Crippen LogP contribution is -2.18. The second-order valence-electron chi connectivity index (χ2n) is 4.67. The van der Waals surface area contributed by atoms with Crippen LogP contribution in [0.25, 0.3) is 11.4 Å². The molecule has 2 rings (SSSR count). The van der Waals surface area contributed by atoms with E-state index >= 15 is 0 Å². The fourth-order valence-corrected chi connectivity index (χ4v) is 1.98. The molecule has 1 unspecified atom stereocenters. The van der Waals surface area contributed by atoms with Crippen LogP contribution in [0, 0.1) is 11.7 Å². The van der Waals surface area contributed by atoms with Crippen molar-refractivity contribution < 1.29 is 8.91 Å². The lowest BCUT2D eigenvalue weighted by molar-refractivity contribution is 0.324. The normalized spacial score (nSPS) is 12.9. The zero-order valence-electron chi connectivity index (χ0n) is 10.7. The number of rotatable bonds is 4. The Hall–Kier alpha value is -1.46. The first-order valence-corrected chi connectivity index (χ1v) is 6.39. The molecule has 6 heteroatoms. The Morgan fingerprint density at radius 1 is 1.42 bits per heavy atom. The highest BCUT2D eigenvalue weighted by Gasteiger charge is 2.21. The van der Waals surface area contributed by atoms with Crippen molar-refractivity contribution in [3.05, 3.63) is 34.9 Å². The first-order valence-electron chi connectivity index (χ1n) is 6.02. The highest BCUT2D eigenvalue weighted by Crippen LogP contribution is 2.26. The molecule has 0 aliphatic heterocycles. The van der Waals surface area contributed by atoms with Gasteiger partial charge < -0.3 is 10.3 Å². The van der Waals surface area contributed by atoms with Crippen LogP contribution in [0.4, 0.5) is 4.39 Å². The Kier molecular flexibility index (Phi) is 4.17. The van der Waals surface area contributed by atoms with Gasteiger partial charge in [0, 0.05) is 12.1 Å². The van der Waals surface area contributed by atoms with Crippen LogP contribution in [0.5, 0.6) is 0 Å². The average molecular weight is 284 g/mol. The van der Waals surface area contributed by atoms with Gasteiger partial charge in [-0.2, -0.15) is 4.98 Å². The standard InChI is InChI=1S/C13H15ClFN3O/c1-7(2)9(6-16)13-17-12(18-19-13)8-3-4-11(15)10(14)5-8/h3-5,7,9H,6,16H2,1-2H3. The van der Waals surface area contributed by atoms with E-state index in [-0.39, 0.29) is 10.9 Å². The second kappa shape index (κ2) is 5.67. The summed E-state index contributed by atoms with van der Waals surface area (Å²) in [5.74, 6) is 0.715. The summed E-state index contributed by atoms with van der Waals surface area (Å²) in [4.78, 5) is 4.30. The molecule has 19 heavy (non-hydrogen) atoms. The minimum absolute atomic E-state index is 0.0113. The van der Waals surface area contributed by atoms with Gasteiger partial charge >= 0.3 is 0 Å². The summed E-state index contributed by atoms with van der Waals surface area (Å²) in [6.45, 7) is 4.51. The number of aromatic nitrogens is 2. The van der Waals surface area contributed by atoms with Crippen LogP contribution in [0.3, 0.4) is 0 Å². The van der Waals surface area contributed by atoms with E-state index in [4.69, 9.17) is 21.9 Å². The number of nitrogens with two attached hydrogens (primary N) is 1. The molecule has 4 nitrogen and oxygen atoms in total. The van der Waals surface area contributed by atoms with Gasteiger partial charge in [-0.3, -0.25) is 0 Å². The SMILES string of the molecule is CC(C)C(CN)c1nc(-c2ccc(F)c(Cl)c2)no1. The van der Waals surface area contributed by atoms with E-state index < -0.39 is 5.82 Å². The van der Waals surface area contributed by atoms with E-state index in [0.29, 0.717) is 29.7 Å². The number of halogens is 2. The van der Waals surface area contributed by atoms with Gasteiger partial charge in [0.1, 0.15) is 5.82 Å². The molecule has 0 radical (unpaired) electrons. The number of hydrogen-bond donors (Lipinski definition) is 1. The summed E-state index contributed by atoms with van der Waals surface area (Å²) in [5.41, 5.74) is 6.31. The molecule has 0 amide bonds. The molecule has 102 valence electrons. The number of benzene rings is 1. The minimum atomic E-state index is -0.476. The van der Waals surface area contributed by atoms with Crippen molar-refractivity contribution in [2.24, 2.45) is 11.7 Å². The van der Waals surface area contributed by atoms with Crippen molar-refractivity contribution in [3.8, 4) is 11.4 Å². The molecular weight excluding hydrogens is 269 g/mol. The van der Waals surface area contributed by atoms with Crippen LogP contribution in [0.1, 0.15) is 25.7 Å². The van der Waals surface area contributed by atoms with Gasteiger partial charge in [0.25, 0.3) is 0 Å². The van der Waals surface area contributed by atoms with Crippen LogP contribution in [0.15, 0.2) is 22.7 Å². The Morgan fingerprint density at radius 3 is 2.74 bits per heavy atom. The molecule has 1 heterocycles. The number of hydrogen-bond acceptors (Lipinski definition) is 4. The number of nitrogens with zero attached hydrogens (tertiary/aromatic N) is 2. The van der Waals surface area contributed by atoms with Gasteiger partial charge in [-0.1, -0.05) is 30.6 Å². The van der Waals surface area contributed by atoms with Crippen LogP contribution in [-0.2, 0) is 0 Å². The highest BCUT2D eigenvalue weighted by molar-refractivity contribution is 6.31. The van der Waals surface area contributed by atoms with E-state index in [1.165, 1.54) is 12.1 Å². The third kappa shape index (κ3) is 2.93. The van der Waals surface area contributed by atoms with Crippen molar-refractivity contribution in [1.82, 2.24) is 10.1 Å². The van der Waals surface area contributed by atoms with E-state index in [1.54, 1.807) is 6.07 Å². The Morgan fingerprint density at radius 2 is 2.16 bits per heavy atom.